The molecule has 0 aliphatic carbocycles. The van der Waals surface area contributed by atoms with Crippen LogP contribution in [0.5, 0.6) is 0 Å². The maximum absolute atomic E-state index is 10.3. The zero-order valence-electron chi connectivity index (χ0n) is 24.7. The summed E-state index contributed by atoms with van der Waals surface area (Å²) in [5.74, 6) is -4.80. The van der Waals surface area contributed by atoms with Gasteiger partial charge in [-0.3, -0.25) is 14.2 Å². The summed E-state index contributed by atoms with van der Waals surface area (Å²) in [6.07, 6.45) is -10.6. The number of ether oxygens (including phenoxy) is 1. The number of phosphoric acid groups is 1. The molecule has 3 rings (SSSR count). The van der Waals surface area contributed by atoms with Crippen LogP contribution in [0.15, 0.2) is 12.7 Å². The van der Waals surface area contributed by atoms with Gasteiger partial charge in [-0.05, 0) is 0 Å². The summed E-state index contributed by atoms with van der Waals surface area (Å²) in [6, 6.07) is 0. The zero-order valence-corrected chi connectivity index (χ0v) is 25.5. The highest BCUT2D eigenvalue weighted by Gasteiger charge is 2.44. The van der Waals surface area contributed by atoms with E-state index in [1.54, 1.807) is 0 Å². The summed E-state index contributed by atoms with van der Waals surface area (Å²) in [5, 5.41) is 106. The molecule has 1 saturated heterocycles. The number of hydrogen-bond acceptors (Lipinski definition) is 19. The van der Waals surface area contributed by atoms with Gasteiger partial charge in [-0.15, -0.1) is 0 Å². The minimum atomic E-state index is -4.64. The van der Waals surface area contributed by atoms with E-state index in [0.717, 1.165) is 0 Å². The summed E-state index contributed by atoms with van der Waals surface area (Å²) in [5.41, 5.74) is 3.71. The number of aromatic nitrogens is 4. The molecular formula is C22H36N5O21P. The Labute approximate surface area is 272 Å². The molecule has 280 valence electrons. The minimum absolute atomic E-state index is 0.0258. The van der Waals surface area contributed by atoms with E-state index in [0.29, 0.717) is 11.2 Å². The molecule has 49 heavy (non-hydrogen) atoms. The molecule has 27 heteroatoms. The highest BCUT2D eigenvalue weighted by Crippen LogP contribution is 2.31. The summed E-state index contributed by atoms with van der Waals surface area (Å²) in [6.45, 7) is -1.15. The number of aliphatic carboxylic acids is 3. The van der Waals surface area contributed by atoms with Crippen LogP contribution >= 0.6 is 7.82 Å². The minimum Gasteiger partial charge on any atom is -0.481 e. The van der Waals surface area contributed by atoms with Crippen molar-refractivity contribution in [2.24, 2.45) is 0 Å². The normalized spacial score (nSPS) is 21.3. The lowest BCUT2D eigenvalue weighted by Gasteiger charge is -2.22. The topological polar surface area (TPSA) is 468 Å². The Morgan fingerprint density at radius 2 is 1.47 bits per heavy atom. The number of nitrogens with two attached hydrogens (primary N) is 1. The molecule has 1 fully saturated rings. The molecule has 0 spiro atoms. The van der Waals surface area contributed by atoms with Crippen LogP contribution in [0, 0.1) is 0 Å². The van der Waals surface area contributed by atoms with Crippen molar-refractivity contribution in [2.45, 2.75) is 67.4 Å². The van der Waals surface area contributed by atoms with E-state index in [1.807, 2.05) is 0 Å². The van der Waals surface area contributed by atoms with E-state index in [9.17, 15) is 29.4 Å². The third-order valence-electron chi connectivity index (χ3n) is 5.88. The number of carboxylic acids is 3. The SMILES string of the molecule is Nc1ncnc2c1ncn2[C@@H]1O[C@H](CO)[C@@H](O)[C@H]1O.O=C(O)CC(O)(CC(=O)O)C(=O)O.O=CC(O)C(O)C(O)C(O)CO.O=P(O)(O)O. The molecule has 2 aromatic rings. The van der Waals surface area contributed by atoms with Crippen LogP contribution in [0.25, 0.3) is 11.2 Å². The number of aliphatic hydroxyl groups excluding tert-OH is 8. The molecule has 0 amide bonds. The Balaban J connectivity index is 0.000000682. The van der Waals surface area contributed by atoms with E-state index in [4.69, 9.17) is 80.8 Å². The predicted molar refractivity (Wildman–Crippen MR) is 151 cm³/mol. The van der Waals surface area contributed by atoms with Gasteiger partial charge >= 0.3 is 25.7 Å². The fourth-order valence-electron chi connectivity index (χ4n) is 3.50. The number of hydrogen-bond donors (Lipinski definition) is 16. The third kappa shape index (κ3) is 14.7. The van der Waals surface area contributed by atoms with Crippen molar-refractivity contribution in [3.8, 4) is 0 Å². The smallest absolute Gasteiger partial charge is 0.466 e. The molecule has 26 nitrogen and oxygen atoms in total. The van der Waals surface area contributed by atoms with Crippen LogP contribution in [-0.4, -0.2) is 181 Å². The van der Waals surface area contributed by atoms with Crippen molar-refractivity contribution in [1.29, 1.82) is 0 Å². The number of nitrogen functional groups attached to an aromatic ring is 1. The first-order chi connectivity index (χ1) is 22.4. The van der Waals surface area contributed by atoms with Crippen molar-refractivity contribution in [2.75, 3.05) is 18.9 Å². The van der Waals surface area contributed by atoms with Gasteiger partial charge in [-0.25, -0.2) is 24.3 Å². The fourth-order valence-corrected chi connectivity index (χ4v) is 3.50. The molecule has 2 aromatic heterocycles. The average Bonchev–Trinajstić information content (AvgIpc) is 3.55. The molecule has 0 aromatic carbocycles. The summed E-state index contributed by atoms with van der Waals surface area (Å²) in [4.78, 5) is 73.8. The van der Waals surface area contributed by atoms with Gasteiger partial charge in [0.1, 0.15) is 54.6 Å². The molecule has 3 heterocycles. The number of fused-ring (bicyclic) bond motifs is 1. The van der Waals surface area contributed by atoms with Crippen molar-refractivity contribution < 1.29 is 104 Å². The Kier molecular flexibility index (Phi) is 18.4. The molecular weight excluding hydrogens is 701 g/mol. The highest BCUT2D eigenvalue weighted by molar-refractivity contribution is 7.45. The van der Waals surface area contributed by atoms with Crippen molar-refractivity contribution in [1.82, 2.24) is 19.5 Å². The van der Waals surface area contributed by atoms with Gasteiger partial charge in [0.05, 0.1) is 32.4 Å². The summed E-state index contributed by atoms with van der Waals surface area (Å²) >= 11 is 0. The molecule has 0 radical (unpaired) electrons. The van der Waals surface area contributed by atoms with E-state index in [2.05, 4.69) is 15.0 Å². The van der Waals surface area contributed by atoms with Crippen molar-refractivity contribution in [3.05, 3.63) is 12.7 Å². The van der Waals surface area contributed by atoms with Gasteiger partial charge in [-0.1, -0.05) is 0 Å². The van der Waals surface area contributed by atoms with E-state index < -0.39 is 106 Å². The number of aldehydes is 1. The molecule has 4 unspecified atom stereocenters. The number of nitrogens with zero attached hydrogens (tertiary/aromatic N) is 4. The van der Waals surface area contributed by atoms with Crippen LogP contribution in [0.2, 0.25) is 0 Å². The summed E-state index contributed by atoms with van der Waals surface area (Å²) in [7, 11) is -4.64. The first-order valence-corrected chi connectivity index (χ1v) is 14.5. The number of anilines is 1. The Morgan fingerprint density at radius 3 is 1.86 bits per heavy atom. The Morgan fingerprint density at radius 1 is 0.959 bits per heavy atom. The molecule has 1 aliphatic heterocycles. The second-order valence-electron chi connectivity index (χ2n) is 9.66. The molecule has 17 N–H and O–H groups in total. The van der Waals surface area contributed by atoms with Crippen LogP contribution in [0.4, 0.5) is 5.82 Å². The number of carbonyl (C=O) groups excluding carboxylic acids is 1. The second-order valence-corrected chi connectivity index (χ2v) is 10.7. The van der Waals surface area contributed by atoms with Gasteiger partial charge in [0.2, 0.25) is 0 Å². The van der Waals surface area contributed by atoms with Gasteiger partial charge in [0.15, 0.2) is 29.6 Å². The lowest BCUT2D eigenvalue weighted by molar-refractivity contribution is -0.170. The molecule has 0 bridgehead atoms. The number of aliphatic hydroxyl groups is 9. The first kappa shape index (κ1) is 45.1. The van der Waals surface area contributed by atoms with Crippen molar-refractivity contribution in [3.63, 3.8) is 0 Å². The Bertz CT molecular complexity index is 1400. The quantitative estimate of drug-likeness (QED) is 0.0710. The average molecular weight is 738 g/mol. The zero-order chi connectivity index (χ0) is 38.4. The maximum Gasteiger partial charge on any atom is 0.466 e. The van der Waals surface area contributed by atoms with Gasteiger partial charge in [0, 0.05) is 0 Å². The number of imidazole rings is 1. The van der Waals surface area contributed by atoms with Gasteiger partial charge in [0.25, 0.3) is 0 Å². The van der Waals surface area contributed by atoms with Crippen LogP contribution < -0.4 is 5.73 Å². The van der Waals surface area contributed by atoms with E-state index >= 15 is 0 Å². The van der Waals surface area contributed by atoms with Crippen LogP contribution in [0.3, 0.4) is 0 Å². The molecule has 8 atom stereocenters. The predicted octanol–water partition coefficient (Wildman–Crippen LogP) is -7.54. The van der Waals surface area contributed by atoms with Crippen LogP contribution in [-0.2, 0) is 28.5 Å². The van der Waals surface area contributed by atoms with Gasteiger partial charge in [-0.2, -0.15) is 0 Å². The Hall–Kier alpha value is -3.86. The molecule has 0 saturated carbocycles. The largest absolute Gasteiger partial charge is 0.481 e. The number of carboxylic acid groups (broad SMARTS) is 3. The first-order valence-electron chi connectivity index (χ1n) is 13.0. The highest BCUT2D eigenvalue weighted by atomic mass is 31.2. The fraction of sp³-hybridized carbons (Fsp3) is 0.591. The van der Waals surface area contributed by atoms with Crippen LogP contribution in [0.1, 0.15) is 19.1 Å². The summed E-state index contributed by atoms with van der Waals surface area (Å²) < 4.78 is 15.7. The maximum atomic E-state index is 10.3. The van der Waals surface area contributed by atoms with Gasteiger partial charge < -0.3 is 91.2 Å². The monoisotopic (exact) mass is 737 g/mol. The standard InChI is InChI=1S/C10H13N5O4.C6H8O7.C6H12O6.H3O4P/c11-8-5-9(13-2-12-8)15(3-14-5)10-7(18)6(17)4(1-16)19-10;7-3(8)1-6(13,5(11)12)2-4(9)10;7-1-3(9)5(11)6(12)4(10)2-8;1-5(2,3)4/h2-4,6-7,10,16-18H,1H2,(H2,11,12,13);13H,1-2H2,(H,7,8)(H,9,10)(H,11,12);1,3-6,8-12H,2H2;(H3,1,2,3,4)/t4-,6-,7-,10-;;;/m1.../s1. The van der Waals surface area contributed by atoms with E-state index in [1.165, 1.54) is 17.2 Å². The second kappa shape index (κ2) is 20.0. The number of rotatable bonds is 12. The number of carbonyl (C=O) groups is 4. The lowest BCUT2D eigenvalue weighted by atomic mass is 9.96. The van der Waals surface area contributed by atoms with Crippen molar-refractivity contribution >= 4 is 49.0 Å². The van der Waals surface area contributed by atoms with E-state index in [-0.39, 0.29) is 12.1 Å². The molecule has 1 aliphatic rings. The lowest BCUT2D eigenvalue weighted by Crippen LogP contribution is -2.46. The third-order valence-corrected chi connectivity index (χ3v) is 5.88.